The summed E-state index contributed by atoms with van der Waals surface area (Å²) in [7, 11) is 0. The highest BCUT2D eigenvalue weighted by Gasteiger charge is 2.14. The van der Waals surface area contributed by atoms with E-state index < -0.39 is 0 Å². The van der Waals surface area contributed by atoms with Crippen LogP contribution >= 0.6 is 24.0 Å². The molecule has 0 radical (unpaired) electrons. The Bertz CT molecular complexity index is 288. The van der Waals surface area contributed by atoms with E-state index in [2.05, 4.69) is 20.6 Å². The molecule has 0 aliphatic carbocycles. The van der Waals surface area contributed by atoms with Crippen LogP contribution in [0.1, 0.15) is 6.42 Å². The molecule has 0 saturated carbocycles. The minimum Gasteiger partial charge on any atom is -0.366 e. The number of hydrogen-bond acceptors (Lipinski definition) is 4. The standard InChI is InChI=1S/C8H11ClN4.ClH/c9-7-3-8(12-5-11-7)13-6-1-2-10-4-6;/h3,5-6,10H,1-2,4H2,(H,11,12,13);1H/t6-;/m1./s1. The Kier molecular flexibility index (Phi) is 4.38. The zero-order valence-electron chi connectivity index (χ0n) is 7.53. The fourth-order valence-electron chi connectivity index (χ4n) is 1.40. The van der Waals surface area contributed by atoms with Crippen LogP contribution in [0.4, 0.5) is 5.82 Å². The van der Waals surface area contributed by atoms with Crippen molar-refractivity contribution in [2.75, 3.05) is 18.4 Å². The monoisotopic (exact) mass is 234 g/mol. The molecular weight excluding hydrogens is 223 g/mol. The van der Waals surface area contributed by atoms with Crippen molar-refractivity contribution in [1.29, 1.82) is 0 Å². The summed E-state index contributed by atoms with van der Waals surface area (Å²) in [6.07, 6.45) is 2.59. The quantitative estimate of drug-likeness (QED) is 0.759. The number of nitrogens with zero attached hydrogens (tertiary/aromatic N) is 2. The molecule has 2 heterocycles. The minimum atomic E-state index is 0. The van der Waals surface area contributed by atoms with Gasteiger partial charge in [-0.05, 0) is 13.0 Å². The van der Waals surface area contributed by atoms with Gasteiger partial charge in [0.25, 0.3) is 0 Å². The molecule has 14 heavy (non-hydrogen) atoms. The van der Waals surface area contributed by atoms with E-state index in [1.165, 1.54) is 6.33 Å². The van der Waals surface area contributed by atoms with Crippen LogP contribution in [-0.2, 0) is 0 Å². The third-order valence-corrected chi connectivity index (χ3v) is 2.25. The van der Waals surface area contributed by atoms with Gasteiger partial charge in [0.1, 0.15) is 17.3 Å². The van der Waals surface area contributed by atoms with Crippen molar-refractivity contribution in [3.05, 3.63) is 17.5 Å². The summed E-state index contributed by atoms with van der Waals surface area (Å²) < 4.78 is 0. The fourth-order valence-corrected chi connectivity index (χ4v) is 1.55. The van der Waals surface area contributed by atoms with Crippen LogP contribution in [0.25, 0.3) is 0 Å². The van der Waals surface area contributed by atoms with E-state index in [9.17, 15) is 0 Å². The maximum absolute atomic E-state index is 5.72. The Morgan fingerprint density at radius 1 is 1.50 bits per heavy atom. The predicted molar refractivity (Wildman–Crippen MR) is 59.2 cm³/mol. The number of halogens is 2. The minimum absolute atomic E-state index is 0. The van der Waals surface area contributed by atoms with Crippen LogP contribution in [0.3, 0.4) is 0 Å². The molecule has 1 aromatic heterocycles. The molecule has 1 aliphatic heterocycles. The third kappa shape index (κ3) is 2.97. The highest BCUT2D eigenvalue weighted by molar-refractivity contribution is 6.29. The molecule has 0 aromatic carbocycles. The summed E-state index contributed by atoms with van der Waals surface area (Å²) in [6.45, 7) is 2.05. The van der Waals surface area contributed by atoms with Crippen molar-refractivity contribution < 1.29 is 0 Å². The van der Waals surface area contributed by atoms with Gasteiger partial charge < -0.3 is 10.6 Å². The molecule has 2 rings (SSSR count). The predicted octanol–water partition coefficient (Wildman–Crippen LogP) is 1.33. The van der Waals surface area contributed by atoms with E-state index in [4.69, 9.17) is 11.6 Å². The molecule has 1 aromatic rings. The summed E-state index contributed by atoms with van der Waals surface area (Å²) in [5, 5.41) is 7.03. The highest BCUT2D eigenvalue weighted by Crippen LogP contribution is 2.11. The van der Waals surface area contributed by atoms with E-state index in [-0.39, 0.29) is 12.4 Å². The van der Waals surface area contributed by atoms with Crippen molar-refractivity contribution in [1.82, 2.24) is 15.3 Å². The fraction of sp³-hybridized carbons (Fsp3) is 0.500. The second-order valence-electron chi connectivity index (χ2n) is 3.06. The molecule has 0 unspecified atom stereocenters. The molecule has 0 spiro atoms. The van der Waals surface area contributed by atoms with E-state index in [0.29, 0.717) is 11.2 Å². The Hall–Kier alpha value is -0.580. The lowest BCUT2D eigenvalue weighted by Gasteiger charge is -2.10. The van der Waals surface area contributed by atoms with E-state index in [0.717, 1.165) is 25.3 Å². The molecule has 1 fully saturated rings. The first-order chi connectivity index (χ1) is 6.34. The summed E-state index contributed by atoms with van der Waals surface area (Å²) in [6, 6.07) is 2.20. The van der Waals surface area contributed by atoms with Gasteiger partial charge in [0.15, 0.2) is 0 Å². The summed E-state index contributed by atoms with van der Waals surface area (Å²) in [4.78, 5) is 7.88. The van der Waals surface area contributed by atoms with Gasteiger partial charge in [-0.25, -0.2) is 9.97 Å². The summed E-state index contributed by atoms with van der Waals surface area (Å²) >= 11 is 5.72. The molecule has 0 amide bonds. The van der Waals surface area contributed by atoms with Gasteiger partial charge in [-0.1, -0.05) is 11.6 Å². The van der Waals surface area contributed by atoms with Crippen LogP contribution in [0.5, 0.6) is 0 Å². The van der Waals surface area contributed by atoms with Crippen molar-refractivity contribution in [2.24, 2.45) is 0 Å². The average Bonchev–Trinajstić information content (AvgIpc) is 2.57. The molecule has 78 valence electrons. The Morgan fingerprint density at radius 3 is 3.00 bits per heavy atom. The number of nitrogens with one attached hydrogen (secondary N) is 2. The molecule has 0 bridgehead atoms. The van der Waals surface area contributed by atoms with E-state index in [1.54, 1.807) is 6.07 Å². The largest absolute Gasteiger partial charge is 0.366 e. The lowest BCUT2D eigenvalue weighted by atomic mass is 10.2. The highest BCUT2D eigenvalue weighted by atomic mass is 35.5. The lowest BCUT2D eigenvalue weighted by Crippen LogP contribution is -2.22. The molecule has 2 N–H and O–H groups in total. The SMILES string of the molecule is Cl.Clc1cc(N[C@@H]2CCNC2)ncn1. The molecule has 6 heteroatoms. The molecule has 1 saturated heterocycles. The maximum Gasteiger partial charge on any atom is 0.134 e. The van der Waals surface area contributed by atoms with Crippen molar-refractivity contribution in [3.8, 4) is 0 Å². The molecule has 1 aliphatic rings. The van der Waals surface area contributed by atoms with Gasteiger partial charge >= 0.3 is 0 Å². The van der Waals surface area contributed by atoms with Crippen LogP contribution < -0.4 is 10.6 Å². The third-order valence-electron chi connectivity index (χ3n) is 2.05. The van der Waals surface area contributed by atoms with Crippen molar-refractivity contribution in [3.63, 3.8) is 0 Å². The first-order valence-corrected chi connectivity index (χ1v) is 4.67. The van der Waals surface area contributed by atoms with Gasteiger partial charge in [0.2, 0.25) is 0 Å². The van der Waals surface area contributed by atoms with Gasteiger partial charge in [0.05, 0.1) is 0 Å². The van der Waals surface area contributed by atoms with E-state index in [1.807, 2.05) is 0 Å². The number of aromatic nitrogens is 2. The number of anilines is 1. The second-order valence-corrected chi connectivity index (χ2v) is 3.45. The molecule has 1 atom stereocenters. The Morgan fingerprint density at radius 2 is 2.36 bits per heavy atom. The number of hydrogen-bond donors (Lipinski definition) is 2. The first-order valence-electron chi connectivity index (χ1n) is 4.29. The topological polar surface area (TPSA) is 49.8 Å². The smallest absolute Gasteiger partial charge is 0.134 e. The van der Waals surface area contributed by atoms with Gasteiger partial charge in [0, 0.05) is 18.7 Å². The average molecular weight is 235 g/mol. The van der Waals surface area contributed by atoms with Crippen LogP contribution in [-0.4, -0.2) is 29.1 Å². The van der Waals surface area contributed by atoms with E-state index >= 15 is 0 Å². The van der Waals surface area contributed by atoms with Crippen LogP contribution in [0, 0.1) is 0 Å². The summed E-state index contributed by atoms with van der Waals surface area (Å²) in [5.41, 5.74) is 0. The normalized spacial score (nSPS) is 20.2. The zero-order chi connectivity index (χ0) is 9.10. The number of rotatable bonds is 2. The lowest BCUT2D eigenvalue weighted by molar-refractivity contribution is 0.787. The maximum atomic E-state index is 5.72. The van der Waals surface area contributed by atoms with Gasteiger partial charge in [-0.3, -0.25) is 0 Å². The summed E-state index contributed by atoms with van der Waals surface area (Å²) in [5.74, 6) is 0.800. The van der Waals surface area contributed by atoms with Crippen molar-refractivity contribution in [2.45, 2.75) is 12.5 Å². The van der Waals surface area contributed by atoms with Crippen LogP contribution in [0.2, 0.25) is 5.15 Å². The van der Waals surface area contributed by atoms with Crippen LogP contribution in [0.15, 0.2) is 12.4 Å². The Balaban J connectivity index is 0.000000980. The first kappa shape index (κ1) is 11.5. The van der Waals surface area contributed by atoms with Gasteiger partial charge in [-0.15, -0.1) is 12.4 Å². The van der Waals surface area contributed by atoms with Gasteiger partial charge in [-0.2, -0.15) is 0 Å². The van der Waals surface area contributed by atoms with Crippen molar-refractivity contribution >= 4 is 29.8 Å². The Labute approximate surface area is 93.9 Å². The zero-order valence-corrected chi connectivity index (χ0v) is 9.11. The molecule has 4 nitrogen and oxygen atoms in total. The second kappa shape index (κ2) is 5.34. The molecular formula is C8H12Cl2N4.